The predicted octanol–water partition coefficient (Wildman–Crippen LogP) is 4.85. The van der Waals surface area contributed by atoms with Gasteiger partial charge >= 0.3 is 6.18 Å². The Morgan fingerprint density at radius 1 is 1.15 bits per heavy atom. The molecule has 0 saturated heterocycles. The summed E-state index contributed by atoms with van der Waals surface area (Å²) in [6.07, 6.45) is -4.17. The third-order valence-corrected chi connectivity index (χ3v) is 3.67. The molecule has 2 nitrogen and oxygen atoms in total. The maximum Gasteiger partial charge on any atom is 0.398 e. The van der Waals surface area contributed by atoms with Gasteiger partial charge in [0.15, 0.2) is 0 Å². The molecule has 1 heterocycles. The van der Waals surface area contributed by atoms with Crippen LogP contribution in [0.5, 0.6) is 0 Å². The molecule has 1 aromatic heterocycles. The van der Waals surface area contributed by atoms with E-state index < -0.39 is 11.9 Å². The van der Waals surface area contributed by atoms with Crippen LogP contribution in [0.4, 0.5) is 18.9 Å². The molecule has 0 spiro atoms. The van der Waals surface area contributed by atoms with Crippen molar-refractivity contribution in [2.45, 2.75) is 24.5 Å². The van der Waals surface area contributed by atoms with Crippen LogP contribution in [0.1, 0.15) is 11.5 Å². The fraction of sp³-hybridized carbons (Fsp3) is 0.286. The summed E-state index contributed by atoms with van der Waals surface area (Å²) in [5.41, 5.74) is 0.677. The molecule has 2 rings (SSSR count). The normalized spacial score (nSPS) is 11.6. The van der Waals surface area contributed by atoms with E-state index >= 15 is 0 Å². The minimum Gasteiger partial charge on any atom is -0.465 e. The number of hydrogen-bond donors (Lipinski definition) is 1. The Labute approximate surface area is 119 Å². The van der Waals surface area contributed by atoms with E-state index in [4.69, 9.17) is 4.42 Å². The van der Waals surface area contributed by atoms with E-state index in [2.05, 4.69) is 5.32 Å². The van der Waals surface area contributed by atoms with Crippen LogP contribution in [-0.4, -0.2) is 11.9 Å². The highest BCUT2D eigenvalue weighted by Gasteiger charge is 2.27. The van der Waals surface area contributed by atoms with Gasteiger partial charge in [-0.25, -0.2) is 0 Å². The van der Waals surface area contributed by atoms with Gasteiger partial charge in [0.05, 0.1) is 12.3 Å². The highest BCUT2D eigenvalue weighted by molar-refractivity contribution is 7.99. The number of halogens is 3. The van der Waals surface area contributed by atoms with Crippen LogP contribution in [0.2, 0.25) is 0 Å². The largest absolute Gasteiger partial charge is 0.465 e. The van der Waals surface area contributed by atoms with Crippen LogP contribution in [-0.2, 0) is 6.54 Å². The Hall–Kier alpha value is -1.56. The van der Waals surface area contributed by atoms with Crippen molar-refractivity contribution in [2.24, 2.45) is 0 Å². The number of thioether (sulfide) groups is 1. The fourth-order valence-corrected chi connectivity index (χ4v) is 2.45. The fourth-order valence-electron chi connectivity index (χ4n) is 1.66. The van der Waals surface area contributed by atoms with Crippen LogP contribution >= 0.6 is 11.8 Å². The molecule has 6 heteroatoms. The summed E-state index contributed by atoms with van der Waals surface area (Å²) >= 11 is 0.776. The van der Waals surface area contributed by atoms with Crippen molar-refractivity contribution in [2.75, 3.05) is 11.1 Å². The van der Waals surface area contributed by atoms with Gasteiger partial charge in [-0.1, -0.05) is 12.1 Å². The van der Waals surface area contributed by atoms with Gasteiger partial charge in [-0.05, 0) is 31.2 Å². The molecule has 0 amide bonds. The molecular weight excluding hydrogens is 287 g/mol. The molecule has 0 radical (unpaired) electrons. The summed E-state index contributed by atoms with van der Waals surface area (Å²) in [6.45, 7) is 2.29. The lowest BCUT2D eigenvalue weighted by atomic mass is 10.3. The van der Waals surface area contributed by atoms with Gasteiger partial charge in [0.1, 0.15) is 11.5 Å². The molecule has 2 aromatic rings. The predicted molar refractivity (Wildman–Crippen MR) is 74.0 cm³/mol. The Morgan fingerprint density at radius 2 is 1.90 bits per heavy atom. The summed E-state index contributed by atoms with van der Waals surface area (Å²) in [5.74, 6) is 0.658. The number of hydrogen-bond acceptors (Lipinski definition) is 3. The van der Waals surface area contributed by atoms with Gasteiger partial charge < -0.3 is 9.73 Å². The molecule has 0 aliphatic heterocycles. The minimum atomic E-state index is -4.17. The Bertz CT molecular complexity index is 566. The molecule has 0 fully saturated rings. The molecule has 1 N–H and O–H groups in total. The van der Waals surface area contributed by atoms with E-state index in [0.29, 0.717) is 17.1 Å². The number of rotatable bonds is 5. The highest BCUT2D eigenvalue weighted by atomic mass is 32.2. The van der Waals surface area contributed by atoms with Crippen molar-refractivity contribution in [3.8, 4) is 0 Å². The number of aryl methyl sites for hydroxylation is 1. The molecule has 1 aromatic carbocycles. The van der Waals surface area contributed by atoms with Gasteiger partial charge in [0, 0.05) is 10.6 Å². The van der Waals surface area contributed by atoms with Crippen molar-refractivity contribution in [3.05, 3.63) is 47.9 Å². The average molecular weight is 301 g/mol. The zero-order valence-electron chi connectivity index (χ0n) is 10.8. The lowest BCUT2D eigenvalue weighted by molar-refractivity contribution is -0.105. The monoisotopic (exact) mass is 301 g/mol. The summed E-state index contributed by atoms with van der Waals surface area (Å²) in [4.78, 5) is 0.577. The number of anilines is 1. The first-order valence-corrected chi connectivity index (χ1v) is 7.00. The molecule has 0 aliphatic rings. The average Bonchev–Trinajstić information content (AvgIpc) is 2.80. The first-order valence-electron chi connectivity index (χ1n) is 6.02. The Morgan fingerprint density at radius 3 is 2.55 bits per heavy atom. The van der Waals surface area contributed by atoms with Crippen molar-refractivity contribution in [1.82, 2.24) is 0 Å². The number of furan rings is 1. The van der Waals surface area contributed by atoms with Crippen molar-refractivity contribution >= 4 is 17.4 Å². The van der Waals surface area contributed by atoms with E-state index in [1.807, 2.05) is 19.1 Å². The van der Waals surface area contributed by atoms with Crippen LogP contribution in [0.25, 0.3) is 0 Å². The second kappa shape index (κ2) is 6.26. The molecule has 0 bridgehead atoms. The Kier molecular flexibility index (Phi) is 4.65. The third kappa shape index (κ3) is 4.52. The lowest BCUT2D eigenvalue weighted by Gasteiger charge is -2.11. The second-order valence-electron chi connectivity index (χ2n) is 4.27. The molecule has 0 aliphatic carbocycles. The van der Waals surface area contributed by atoms with Gasteiger partial charge in [0.2, 0.25) is 0 Å². The number of alkyl halides is 3. The van der Waals surface area contributed by atoms with Gasteiger partial charge in [0.25, 0.3) is 0 Å². The second-order valence-corrected chi connectivity index (χ2v) is 5.28. The first kappa shape index (κ1) is 14.8. The molecule has 0 unspecified atom stereocenters. The number of nitrogens with one attached hydrogen (secondary N) is 1. The molecule has 0 atom stereocenters. The number of benzene rings is 1. The van der Waals surface area contributed by atoms with Crippen LogP contribution in [0.3, 0.4) is 0 Å². The summed E-state index contributed by atoms with van der Waals surface area (Å²) < 4.78 is 42.2. The van der Waals surface area contributed by atoms with Gasteiger partial charge in [-0.3, -0.25) is 0 Å². The van der Waals surface area contributed by atoms with Crippen molar-refractivity contribution in [1.29, 1.82) is 0 Å². The highest BCUT2D eigenvalue weighted by Crippen LogP contribution is 2.32. The van der Waals surface area contributed by atoms with E-state index in [9.17, 15) is 13.2 Å². The smallest absolute Gasteiger partial charge is 0.398 e. The molecular formula is C14H14F3NOS. The summed E-state index contributed by atoms with van der Waals surface area (Å²) in [6, 6.07) is 10.6. The summed E-state index contributed by atoms with van der Waals surface area (Å²) in [5, 5.41) is 3.10. The van der Waals surface area contributed by atoms with Gasteiger partial charge in [-0.2, -0.15) is 13.2 Å². The maximum absolute atomic E-state index is 12.3. The Balaban J connectivity index is 2.00. The minimum absolute atomic E-state index is 0.442. The third-order valence-electron chi connectivity index (χ3n) is 2.53. The van der Waals surface area contributed by atoms with Crippen LogP contribution < -0.4 is 5.32 Å². The number of para-hydroxylation sites is 1. The standard InChI is InChI=1S/C14H14F3NOS/c1-10-6-7-11(19-10)8-18-12-4-2-3-5-13(12)20-9-14(15,16)17/h2-7,18H,8-9H2,1H3. The van der Waals surface area contributed by atoms with E-state index in [0.717, 1.165) is 23.3 Å². The van der Waals surface area contributed by atoms with E-state index in [1.54, 1.807) is 24.3 Å². The molecule has 108 valence electrons. The molecule has 0 saturated carbocycles. The van der Waals surface area contributed by atoms with Crippen LogP contribution in [0.15, 0.2) is 45.7 Å². The SMILES string of the molecule is Cc1ccc(CNc2ccccc2SCC(F)(F)F)o1. The van der Waals surface area contributed by atoms with Crippen molar-refractivity contribution in [3.63, 3.8) is 0 Å². The van der Waals surface area contributed by atoms with Gasteiger partial charge in [-0.15, -0.1) is 11.8 Å². The molecule has 20 heavy (non-hydrogen) atoms. The van der Waals surface area contributed by atoms with Crippen molar-refractivity contribution < 1.29 is 17.6 Å². The summed E-state index contributed by atoms with van der Waals surface area (Å²) in [7, 11) is 0. The topological polar surface area (TPSA) is 25.2 Å². The van der Waals surface area contributed by atoms with E-state index in [1.165, 1.54) is 0 Å². The lowest BCUT2D eigenvalue weighted by Crippen LogP contribution is -2.11. The van der Waals surface area contributed by atoms with E-state index in [-0.39, 0.29) is 0 Å². The first-order chi connectivity index (χ1) is 9.44. The maximum atomic E-state index is 12.3. The quantitative estimate of drug-likeness (QED) is 0.799. The van der Waals surface area contributed by atoms with Crippen LogP contribution in [0, 0.1) is 6.92 Å². The zero-order valence-corrected chi connectivity index (χ0v) is 11.6. The zero-order chi connectivity index (χ0) is 14.6.